The molecule has 1 fully saturated rings. The molecule has 1 N–H and O–H groups in total. The zero-order valence-electron chi connectivity index (χ0n) is 15.4. The fraction of sp³-hybridized carbons (Fsp3) is 0.400. The lowest BCUT2D eigenvalue weighted by molar-refractivity contribution is -0.122. The summed E-state index contributed by atoms with van der Waals surface area (Å²) < 4.78 is 5.78. The number of pyridine rings is 1. The summed E-state index contributed by atoms with van der Waals surface area (Å²) in [5.74, 6) is 1.48. The van der Waals surface area contributed by atoms with Crippen LogP contribution in [0.1, 0.15) is 13.3 Å². The van der Waals surface area contributed by atoms with Gasteiger partial charge in [0.1, 0.15) is 11.6 Å². The Bertz CT molecular complexity index is 698. The molecule has 1 atom stereocenters. The monoisotopic (exact) mass is 354 g/mol. The van der Waals surface area contributed by atoms with Gasteiger partial charge in [0.05, 0.1) is 11.9 Å². The van der Waals surface area contributed by atoms with E-state index in [4.69, 9.17) is 4.74 Å². The molecule has 0 spiro atoms. The lowest BCUT2D eigenvalue weighted by Crippen LogP contribution is -2.44. The number of amides is 1. The predicted molar refractivity (Wildman–Crippen MR) is 104 cm³/mol. The van der Waals surface area contributed by atoms with Crippen molar-refractivity contribution in [2.24, 2.45) is 0 Å². The summed E-state index contributed by atoms with van der Waals surface area (Å²) in [6.45, 7) is 5.95. The number of carbonyl (C=O) groups excluding carboxylic acids is 1. The van der Waals surface area contributed by atoms with Gasteiger partial charge < -0.3 is 19.9 Å². The summed E-state index contributed by atoms with van der Waals surface area (Å²) in [7, 11) is 2.13. The van der Waals surface area contributed by atoms with Gasteiger partial charge in [-0.1, -0.05) is 25.1 Å². The topological polar surface area (TPSA) is 57.7 Å². The highest BCUT2D eigenvalue weighted by atomic mass is 16.5. The molecule has 0 saturated carbocycles. The van der Waals surface area contributed by atoms with Gasteiger partial charge in [0.15, 0.2) is 6.10 Å². The summed E-state index contributed by atoms with van der Waals surface area (Å²) >= 11 is 0. The molecule has 1 aliphatic rings. The fourth-order valence-corrected chi connectivity index (χ4v) is 2.89. The minimum atomic E-state index is -0.533. The second kappa shape index (κ2) is 8.67. The van der Waals surface area contributed by atoms with E-state index in [0.29, 0.717) is 17.9 Å². The number of aromatic nitrogens is 1. The zero-order chi connectivity index (χ0) is 18.4. The molecule has 0 bridgehead atoms. The molecule has 138 valence electrons. The Hall–Kier alpha value is -2.60. The molecule has 2 aromatic rings. The number of piperazine rings is 1. The van der Waals surface area contributed by atoms with Crippen LogP contribution < -0.4 is 15.0 Å². The van der Waals surface area contributed by atoms with Crippen molar-refractivity contribution < 1.29 is 9.53 Å². The molecule has 1 saturated heterocycles. The maximum atomic E-state index is 12.5. The van der Waals surface area contributed by atoms with Gasteiger partial charge in [-0.2, -0.15) is 0 Å². The summed E-state index contributed by atoms with van der Waals surface area (Å²) in [5, 5.41) is 2.90. The van der Waals surface area contributed by atoms with Crippen LogP contribution in [0.25, 0.3) is 0 Å². The molecular formula is C20H26N4O2. The second-order valence-electron chi connectivity index (χ2n) is 6.51. The number of para-hydroxylation sites is 1. The van der Waals surface area contributed by atoms with Crippen LogP contribution in [-0.4, -0.2) is 55.1 Å². The van der Waals surface area contributed by atoms with Crippen LogP contribution >= 0.6 is 0 Å². The molecule has 0 radical (unpaired) electrons. The Kier molecular flexibility index (Phi) is 6.07. The number of hydrogen-bond acceptors (Lipinski definition) is 5. The van der Waals surface area contributed by atoms with E-state index >= 15 is 0 Å². The molecule has 3 rings (SSSR count). The van der Waals surface area contributed by atoms with Gasteiger partial charge in [-0.25, -0.2) is 4.98 Å². The molecule has 6 nitrogen and oxygen atoms in total. The minimum absolute atomic E-state index is 0.162. The van der Waals surface area contributed by atoms with E-state index in [9.17, 15) is 4.79 Å². The van der Waals surface area contributed by atoms with Gasteiger partial charge in [0.25, 0.3) is 5.91 Å². The van der Waals surface area contributed by atoms with Crippen molar-refractivity contribution in [2.45, 2.75) is 19.4 Å². The van der Waals surface area contributed by atoms with E-state index in [0.717, 1.165) is 32.0 Å². The van der Waals surface area contributed by atoms with Crippen molar-refractivity contribution in [1.82, 2.24) is 9.88 Å². The number of nitrogens with one attached hydrogen (secondary N) is 1. The number of benzene rings is 1. The number of rotatable bonds is 6. The van der Waals surface area contributed by atoms with E-state index in [1.807, 2.05) is 49.4 Å². The third-order valence-electron chi connectivity index (χ3n) is 4.53. The molecule has 0 aliphatic carbocycles. The van der Waals surface area contributed by atoms with Crippen LogP contribution in [0.5, 0.6) is 5.75 Å². The Morgan fingerprint density at radius 3 is 2.50 bits per heavy atom. The summed E-state index contributed by atoms with van der Waals surface area (Å²) in [6.07, 6.45) is 1.77. The quantitative estimate of drug-likeness (QED) is 0.864. The third kappa shape index (κ3) is 4.73. The number of likely N-dealkylation sites (N-methyl/N-ethyl adjacent to an activating group) is 1. The maximum absolute atomic E-state index is 12.5. The third-order valence-corrected chi connectivity index (χ3v) is 4.53. The van der Waals surface area contributed by atoms with E-state index < -0.39 is 6.10 Å². The lowest BCUT2D eigenvalue weighted by Gasteiger charge is -2.33. The highest BCUT2D eigenvalue weighted by Gasteiger charge is 2.19. The molecule has 1 aromatic carbocycles. The van der Waals surface area contributed by atoms with Crippen LogP contribution in [0.2, 0.25) is 0 Å². The van der Waals surface area contributed by atoms with Gasteiger partial charge in [0, 0.05) is 26.2 Å². The van der Waals surface area contributed by atoms with Gasteiger partial charge in [-0.15, -0.1) is 0 Å². The number of anilines is 2. The minimum Gasteiger partial charge on any atom is -0.481 e. The summed E-state index contributed by atoms with van der Waals surface area (Å²) in [4.78, 5) is 21.6. The van der Waals surface area contributed by atoms with Crippen molar-refractivity contribution in [2.75, 3.05) is 43.4 Å². The van der Waals surface area contributed by atoms with Gasteiger partial charge in [-0.3, -0.25) is 4.79 Å². The molecule has 26 heavy (non-hydrogen) atoms. The maximum Gasteiger partial charge on any atom is 0.265 e. The number of hydrogen-bond donors (Lipinski definition) is 1. The first-order valence-electron chi connectivity index (χ1n) is 9.08. The zero-order valence-corrected chi connectivity index (χ0v) is 15.4. The van der Waals surface area contributed by atoms with Crippen molar-refractivity contribution in [3.63, 3.8) is 0 Å². The lowest BCUT2D eigenvalue weighted by atomic mass is 10.2. The van der Waals surface area contributed by atoms with Gasteiger partial charge in [-0.05, 0) is 37.7 Å². The van der Waals surface area contributed by atoms with E-state index in [2.05, 4.69) is 27.1 Å². The first-order valence-corrected chi connectivity index (χ1v) is 9.08. The first-order chi connectivity index (χ1) is 12.7. The van der Waals surface area contributed by atoms with E-state index in [-0.39, 0.29) is 5.91 Å². The van der Waals surface area contributed by atoms with Crippen LogP contribution in [0.3, 0.4) is 0 Å². The highest BCUT2D eigenvalue weighted by Crippen LogP contribution is 2.17. The molecular weight excluding hydrogens is 328 g/mol. The van der Waals surface area contributed by atoms with Crippen LogP contribution in [-0.2, 0) is 4.79 Å². The Balaban J connectivity index is 1.58. The van der Waals surface area contributed by atoms with Crippen LogP contribution in [0, 0.1) is 0 Å². The molecule has 1 amide bonds. The Labute approximate surface area is 154 Å². The number of ether oxygens (including phenoxy) is 1. The van der Waals surface area contributed by atoms with Crippen LogP contribution in [0.15, 0.2) is 48.7 Å². The van der Waals surface area contributed by atoms with Crippen molar-refractivity contribution in [3.05, 3.63) is 48.7 Å². The molecule has 1 aliphatic heterocycles. The average Bonchev–Trinajstić information content (AvgIpc) is 2.68. The normalized spacial score (nSPS) is 16.2. The fourth-order valence-electron chi connectivity index (χ4n) is 2.89. The highest BCUT2D eigenvalue weighted by molar-refractivity contribution is 5.94. The standard InChI is InChI=1S/C20H26N4O2/c1-3-18(26-17-7-5-4-6-8-17)20(25)22-16-9-10-19(21-15-16)24-13-11-23(2)12-14-24/h4-10,15,18H,3,11-14H2,1-2H3,(H,22,25)/t18-/m0/s1. The Morgan fingerprint density at radius 2 is 1.88 bits per heavy atom. The Morgan fingerprint density at radius 1 is 1.15 bits per heavy atom. The molecule has 0 unspecified atom stereocenters. The first kappa shape index (κ1) is 18.2. The second-order valence-corrected chi connectivity index (χ2v) is 6.51. The molecule has 6 heteroatoms. The largest absolute Gasteiger partial charge is 0.481 e. The van der Waals surface area contributed by atoms with E-state index in [1.165, 1.54) is 0 Å². The van der Waals surface area contributed by atoms with Gasteiger partial charge >= 0.3 is 0 Å². The predicted octanol–water partition coefficient (Wildman–Crippen LogP) is 2.63. The number of carbonyl (C=O) groups is 1. The smallest absolute Gasteiger partial charge is 0.265 e. The van der Waals surface area contributed by atoms with E-state index in [1.54, 1.807) is 6.20 Å². The average molecular weight is 354 g/mol. The number of nitrogens with zero attached hydrogens (tertiary/aromatic N) is 3. The van der Waals surface area contributed by atoms with Crippen LogP contribution in [0.4, 0.5) is 11.5 Å². The summed E-state index contributed by atoms with van der Waals surface area (Å²) in [6, 6.07) is 13.3. The van der Waals surface area contributed by atoms with Gasteiger partial charge in [0.2, 0.25) is 0 Å². The molecule has 1 aromatic heterocycles. The molecule has 2 heterocycles. The van der Waals surface area contributed by atoms with Crippen molar-refractivity contribution in [3.8, 4) is 5.75 Å². The SMILES string of the molecule is CC[C@H](Oc1ccccc1)C(=O)Nc1ccc(N2CCN(C)CC2)nc1. The summed E-state index contributed by atoms with van der Waals surface area (Å²) in [5.41, 5.74) is 0.683. The van der Waals surface area contributed by atoms with Crippen molar-refractivity contribution >= 4 is 17.4 Å². The van der Waals surface area contributed by atoms with Crippen molar-refractivity contribution in [1.29, 1.82) is 0 Å².